The quantitative estimate of drug-likeness (QED) is 0.646. The Morgan fingerprint density at radius 1 is 1.47 bits per heavy atom. The van der Waals surface area contributed by atoms with Gasteiger partial charge < -0.3 is 4.74 Å². The van der Waals surface area contributed by atoms with Crippen LogP contribution in [0.25, 0.3) is 0 Å². The van der Waals surface area contributed by atoms with Gasteiger partial charge in [-0.15, -0.1) is 0 Å². The van der Waals surface area contributed by atoms with Crippen LogP contribution in [0.4, 0.5) is 4.39 Å². The molecule has 1 aliphatic rings. The fourth-order valence-electron chi connectivity index (χ4n) is 1.94. The van der Waals surface area contributed by atoms with Gasteiger partial charge in [0.05, 0.1) is 23.9 Å². The van der Waals surface area contributed by atoms with Gasteiger partial charge in [0.25, 0.3) is 0 Å². The van der Waals surface area contributed by atoms with Gasteiger partial charge in [-0.25, -0.2) is 9.82 Å². The summed E-state index contributed by atoms with van der Waals surface area (Å²) >= 11 is 5.76. The maximum absolute atomic E-state index is 13.9. The topological polar surface area (TPSA) is 47.3 Å². The standard InChI is InChI=1S/C12H14ClFN2O/c13-10-5-1-4-9(11(10)14)12(16-15)8-3-2-6-17-7-8/h1,4-5,7,12,16H,2-3,6,15H2. The van der Waals surface area contributed by atoms with Crippen LogP contribution in [-0.4, -0.2) is 6.61 Å². The van der Waals surface area contributed by atoms with Gasteiger partial charge in [0.1, 0.15) is 5.82 Å². The molecule has 1 atom stereocenters. The van der Waals surface area contributed by atoms with Crippen molar-refractivity contribution < 1.29 is 9.13 Å². The zero-order valence-corrected chi connectivity index (χ0v) is 10.0. The summed E-state index contributed by atoms with van der Waals surface area (Å²) in [6, 6.07) is 4.49. The van der Waals surface area contributed by atoms with Crippen LogP contribution < -0.4 is 11.3 Å². The van der Waals surface area contributed by atoms with Crippen LogP contribution in [0.3, 0.4) is 0 Å². The molecule has 0 saturated heterocycles. The summed E-state index contributed by atoms with van der Waals surface area (Å²) in [6.45, 7) is 0.693. The maximum Gasteiger partial charge on any atom is 0.146 e. The van der Waals surface area contributed by atoms with Gasteiger partial charge in [0.15, 0.2) is 0 Å². The molecule has 1 unspecified atom stereocenters. The van der Waals surface area contributed by atoms with Gasteiger partial charge in [-0.1, -0.05) is 23.7 Å². The zero-order valence-electron chi connectivity index (χ0n) is 9.25. The average molecular weight is 257 g/mol. The second-order valence-electron chi connectivity index (χ2n) is 3.91. The third kappa shape index (κ3) is 2.60. The van der Waals surface area contributed by atoms with E-state index in [2.05, 4.69) is 5.43 Å². The minimum Gasteiger partial charge on any atom is -0.501 e. The van der Waals surface area contributed by atoms with Crippen LogP contribution in [0.5, 0.6) is 0 Å². The summed E-state index contributed by atoms with van der Waals surface area (Å²) in [6.07, 6.45) is 3.39. The van der Waals surface area contributed by atoms with Crippen molar-refractivity contribution in [2.75, 3.05) is 6.61 Å². The minimum atomic E-state index is -0.441. The molecule has 3 nitrogen and oxygen atoms in total. The van der Waals surface area contributed by atoms with E-state index in [1.54, 1.807) is 18.4 Å². The van der Waals surface area contributed by atoms with Crippen molar-refractivity contribution in [2.24, 2.45) is 5.84 Å². The van der Waals surface area contributed by atoms with E-state index >= 15 is 0 Å². The number of hydrogen-bond acceptors (Lipinski definition) is 3. The van der Waals surface area contributed by atoms with E-state index in [0.29, 0.717) is 12.2 Å². The molecular formula is C12H14ClFN2O. The zero-order chi connectivity index (χ0) is 12.3. The highest BCUT2D eigenvalue weighted by atomic mass is 35.5. The normalized spacial score (nSPS) is 17.2. The van der Waals surface area contributed by atoms with E-state index in [9.17, 15) is 4.39 Å². The molecule has 0 saturated carbocycles. The molecule has 92 valence electrons. The van der Waals surface area contributed by atoms with Gasteiger partial charge in [0.2, 0.25) is 0 Å². The van der Waals surface area contributed by atoms with Crippen LogP contribution in [0.1, 0.15) is 24.4 Å². The van der Waals surface area contributed by atoms with E-state index in [1.807, 2.05) is 0 Å². The van der Waals surface area contributed by atoms with Crippen LogP contribution in [0.15, 0.2) is 30.0 Å². The number of nitrogens with two attached hydrogens (primary N) is 1. The molecule has 1 aromatic carbocycles. The third-order valence-corrected chi connectivity index (χ3v) is 3.08. The van der Waals surface area contributed by atoms with Crippen molar-refractivity contribution in [3.8, 4) is 0 Å². The second-order valence-corrected chi connectivity index (χ2v) is 4.32. The van der Waals surface area contributed by atoms with Crippen LogP contribution in [0.2, 0.25) is 5.02 Å². The average Bonchev–Trinajstić information content (AvgIpc) is 2.37. The highest BCUT2D eigenvalue weighted by Crippen LogP contribution is 2.30. The van der Waals surface area contributed by atoms with Crippen molar-refractivity contribution in [3.63, 3.8) is 0 Å². The Balaban J connectivity index is 2.34. The van der Waals surface area contributed by atoms with E-state index in [4.69, 9.17) is 22.2 Å². The van der Waals surface area contributed by atoms with Crippen molar-refractivity contribution in [1.29, 1.82) is 0 Å². The Bertz CT molecular complexity index is 437. The number of hydrazine groups is 1. The monoisotopic (exact) mass is 256 g/mol. The summed E-state index contributed by atoms with van der Waals surface area (Å²) < 4.78 is 19.1. The van der Waals surface area contributed by atoms with Gasteiger partial charge in [-0.3, -0.25) is 5.84 Å². The van der Waals surface area contributed by atoms with Crippen LogP contribution >= 0.6 is 11.6 Å². The van der Waals surface area contributed by atoms with Crippen molar-refractivity contribution in [3.05, 3.63) is 46.4 Å². The second kappa shape index (κ2) is 5.49. The first-order valence-corrected chi connectivity index (χ1v) is 5.82. The summed E-state index contributed by atoms with van der Waals surface area (Å²) in [5.74, 6) is 5.06. The highest BCUT2D eigenvalue weighted by molar-refractivity contribution is 6.30. The lowest BCUT2D eigenvalue weighted by atomic mass is 9.95. The molecule has 1 aromatic rings. The van der Waals surface area contributed by atoms with Crippen LogP contribution in [0, 0.1) is 5.82 Å². The molecule has 5 heteroatoms. The molecule has 1 heterocycles. The number of rotatable bonds is 3. The Kier molecular flexibility index (Phi) is 3.99. The SMILES string of the molecule is NNC(C1=COCCC1)c1cccc(Cl)c1F. The smallest absolute Gasteiger partial charge is 0.146 e. The fraction of sp³-hybridized carbons (Fsp3) is 0.333. The summed E-state index contributed by atoms with van der Waals surface area (Å²) in [4.78, 5) is 0. The molecule has 0 amide bonds. The van der Waals surface area contributed by atoms with Crippen LogP contribution in [-0.2, 0) is 4.74 Å². The van der Waals surface area contributed by atoms with Gasteiger partial charge >= 0.3 is 0 Å². The fourth-order valence-corrected chi connectivity index (χ4v) is 2.12. The van der Waals surface area contributed by atoms with E-state index < -0.39 is 11.9 Å². The Labute approximate surface area is 104 Å². The molecule has 0 aliphatic carbocycles. The summed E-state index contributed by atoms with van der Waals surface area (Å²) in [5.41, 5.74) is 3.98. The molecule has 3 N–H and O–H groups in total. The molecule has 0 radical (unpaired) electrons. The molecule has 0 bridgehead atoms. The molecule has 0 fully saturated rings. The Morgan fingerprint density at radius 3 is 2.94 bits per heavy atom. The summed E-state index contributed by atoms with van der Waals surface area (Å²) in [5, 5.41) is 0.0973. The maximum atomic E-state index is 13.9. The van der Waals surface area contributed by atoms with Crippen molar-refractivity contribution in [2.45, 2.75) is 18.9 Å². The molecule has 2 rings (SSSR count). The Hall–Kier alpha value is -1.10. The van der Waals surface area contributed by atoms with Gasteiger partial charge in [-0.2, -0.15) is 0 Å². The molecule has 1 aliphatic heterocycles. The predicted molar refractivity (Wildman–Crippen MR) is 64.7 cm³/mol. The van der Waals surface area contributed by atoms with E-state index in [0.717, 1.165) is 18.4 Å². The number of nitrogens with one attached hydrogen (secondary N) is 1. The number of benzene rings is 1. The van der Waals surface area contributed by atoms with Crippen molar-refractivity contribution >= 4 is 11.6 Å². The molecule has 17 heavy (non-hydrogen) atoms. The predicted octanol–water partition coefficient (Wildman–Crippen LogP) is 2.68. The third-order valence-electron chi connectivity index (χ3n) is 2.79. The minimum absolute atomic E-state index is 0.0973. The molecular weight excluding hydrogens is 243 g/mol. The van der Waals surface area contributed by atoms with Crippen molar-refractivity contribution in [1.82, 2.24) is 5.43 Å². The summed E-state index contributed by atoms with van der Waals surface area (Å²) in [7, 11) is 0. The molecule has 0 aromatic heterocycles. The lowest BCUT2D eigenvalue weighted by Gasteiger charge is -2.23. The largest absolute Gasteiger partial charge is 0.501 e. The first-order chi connectivity index (χ1) is 8.24. The highest BCUT2D eigenvalue weighted by Gasteiger charge is 2.21. The first-order valence-electron chi connectivity index (χ1n) is 5.44. The number of halogens is 2. The number of ether oxygens (including phenoxy) is 1. The molecule has 0 spiro atoms. The van der Waals surface area contributed by atoms with E-state index in [-0.39, 0.29) is 5.02 Å². The first kappa shape index (κ1) is 12.4. The van der Waals surface area contributed by atoms with Gasteiger partial charge in [0, 0.05) is 5.56 Å². The lowest BCUT2D eigenvalue weighted by molar-refractivity contribution is 0.219. The van der Waals surface area contributed by atoms with Gasteiger partial charge in [-0.05, 0) is 24.5 Å². The number of hydrogen-bond donors (Lipinski definition) is 2. The Morgan fingerprint density at radius 2 is 2.29 bits per heavy atom. The van der Waals surface area contributed by atoms with E-state index in [1.165, 1.54) is 6.07 Å². The lowest BCUT2D eigenvalue weighted by Crippen LogP contribution is -2.31.